The Bertz CT molecular complexity index is 1110. The molecule has 5 heterocycles. The van der Waals surface area contributed by atoms with Gasteiger partial charge in [0.25, 0.3) is 0 Å². The molecule has 0 amide bonds. The van der Waals surface area contributed by atoms with Gasteiger partial charge in [-0.15, -0.1) is 0 Å². The van der Waals surface area contributed by atoms with Crippen LogP contribution in [0.25, 0.3) is 16.9 Å². The van der Waals surface area contributed by atoms with Gasteiger partial charge >= 0.3 is 0 Å². The summed E-state index contributed by atoms with van der Waals surface area (Å²) in [4.78, 5) is 9.89. The number of anilines is 1. The average Bonchev–Trinajstić information content (AvgIpc) is 3.44. The van der Waals surface area contributed by atoms with Gasteiger partial charge in [-0.3, -0.25) is 9.08 Å². The molecular weight excluding hydrogens is 396 g/mol. The molecule has 0 spiro atoms. The van der Waals surface area contributed by atoms with E-state index in [0.717, 1.165) is 58.6 Å². The van der Waals surface area contributed by atoms with Crippen molar-refractivity contribution in [2.45, 2.75) is 38.6 Å². The molecule has 30 heavy (non-hydrogen) atoms. The smallest absolute Gasteiger partial charge is 0.181 e. The molecule has 0 bridgehead atoms. The van der Waals surface area contributed by atoms with Gasteiger partial charge in [0.2, 0.25) is 0 Å². The van der Waals surface area contributed by atoms with E-state index in [1.54, 1.807) is 11.9 Å². The first kappa shape index (κ1) is 19.6. The molecular formula is C21H28N8S. The molecule has 9 heteroatoms. The fraction of sp³-hybridized carbons (Fsp3) is 0.476. The number of nitrogens with one attached hydrogen (secondary N) is 2. The summed E-state index contributed by atoms with van der Waals surface area (Å²) in [5, 5.41) is 12.6. The fourth-order valence-corrected chi connectivity index (χ4v) is 5.25. The third-order valence-electron chi connectivity index (χ3n) is 6.05. The zero-order valence-electron chi connectivity index (χ0n) is 17.9. The van der Waals surface area contributed by atoms with Crippen LogP contribution in [0.15, 0.2) is 29.7 Å². The van der Waals surface area contributed by atoms with Crippen molar-refractivity contribution in [3.05, 3.63) is 41.1 Å². The summed E-state index contributed by atoms with van der Waals surface area (Å²) >= 11 is 1.71. The number of rotatable bonds is 4. The maximum absolute atomic E-state index is 5.12. The number of hydrogen-bond donors (Lipinski definition) is 2. The Balaban J connectivity index is 1.65. The van der Waals surface area contributed by atoms with Crippen LogP contribution in [0.2, 0.25) is 0 Å². The van der Waals surface area contributed by atoms with Crippen LogP contribution in [-0.2, 0) is 7.05 Å². The standard InChI is InChI=1S/C21H28N8S/c1-13-8-18(30-28(13)4)25-20-21-23-11-17(16-10-24-27(3)12-16)29(21)14(2)19(26-20)15-6-5-7-22-9-15/h8,10-13,15,22H,5-7,9H2,1-4H3,(H,25,26). The Labute approximate surface area is 180 Å². The van der Waals surface area contributed by atoms with Crippen molar-refractivity contribution in [1.82, 2.24) is 33.8 Å². The zero-order chi connectivity index (χ0) is 20.8. The number of aromatic nitrogens is 5. The van der Waals surface area contributed by atoms with Crippen LogP contribution in [-0.4, -0.2) is 54.6 Å². The van der Waals surface area contributed by atoms with Crippen LogP contribution >= 0.6 is 11.9 Å². The Morgan fingerprint density at radius 1 is 1.27 bits per heavy atom. The van der Waals surface area contributed by atoms with Crippen LogP contribution in [0.1, 0.15) is 37.1 Å². The largest absolute Gasteiger partial charge is 0.331 e. The van der Waals surface area contributed by atoms with E-state index in [9.17, 15) is 0 Å². The van der Waals surface area contributed by atoms with Gasteiger partial charge in [0.1, 0.15) is 0 Å². The van der Waals surface area contributed by atoms with Gasteiger partial charge in [-0.2, -0.15) is 5.10 Å². The van der Waals surface area contributed by atoms with E-state index in [4.69, 9.17) is 9.97 Å². The predicted octanol–water partition coefficient (Wildman–Crippen LogP) is 3.14. The molecule has 0 aromatic carbocycles. The van der Waals surface area contributed by atoms with Crippen LogP contribution in [0.5, 0.6) is 0 Å². The third kappa shape index (κ3) is 3.40. The second-order valence-electron chi connectivity index (χ2n) is 8.21. The van der Waals surface area contributed by atoms with E-state index in [1.165, 1.54) is 6.42 Å². The lowest BCUT2D eigenvalue weighted by atomic mass is 9.94. The number of hydrogen-bond acceptors (Lipinski definition) is 7. The summed E-state index contributed by atoms with van der Waals surface area (Å²) in [6.45, 7) is 6.40. The summed E-state index contributed by atoms with van der Waals surface area (Å²) in [5.41, 5.74) is 5.25. The molecule has 5 rings (SSSR count). The molecule has 158 valence electrons. The van der Waals surface area contributed by atoms with Gasteiger partial charge in [0, 0.05) is 43.0 Å². The molecule has 1 fully saturated rings. The molecule has 0 aliphatic carbocycles. The highest BCUT2D eigenvalue weighted by molar-refractivity contribution is 8.01. The van der Waals surface area contributed by atoms with Gasteiger partial charge in [-0.25, -0.2) is 14.3 Å². The summed E-state index contributed by atoms with van der Waals surface area (Å²) < 4.78 is 6.30. The van der Waals surface area contributed by atoms with Crippen LogP contribution < -0.4 is 10.6 Å². The molecule has 2 aliphatic rings. The summed E-state index contributed by atoms with van der Waals surface area (Å²) in [6, 6.07) is 0.381. The van der Waals surface area contributed by atoms with Crippen LogP contribution in [0, 0.1) is 6.92 Å². The van der Waals surface area contributed by atoms with Crippen molar-refractivity contribution >= 4 is 23.4 Å². The quantitative estimate of drug-likeness (QED) is 0.623. The normalized spacial score (nSPS) is 22.6. The van der Waals surface area contributed by atoms with Crippen molar-refractivity contribution in [1.29, 1.82) is 0 Å². The summed E-state index contributed by atoms with van der Waals surface area (Å²) in [5.74, 6) is 1.22. The molecule has 3 aromatic heterocycles. The highest BCUT2D eigenvalue weighted by Crippen LogP contribution is 2.35. The minimum absolute atomic E-state index is 0.381. The van der Waals surface area contributed by atoms with E-state index in [0.29, 0.717) is 12.0 Å². The number of nitrogens with zero attached hydrogens (tertiary/aromatic N) is 6. The monoisotopic (exact) mass is 424 g/mol. The SMILES string of the molecule is Cc1c(C2CCCNC2)nc(NC2=CC(C)N(C)S2)c2ncc(-c3cnn(C)c3)n12. The van der Waals surface area contributed by atoms with E-state index in [1.807, 2.05) is 30.3 Å². The molecule has 8 nitrogen and oxygen atoms in total. The Kier molecular flexibility index (Phi) is 5.04. The Hall–Kier alpha value is -2.36. The molecule has 2 aliphatic heterocycles. The van der Waals surface area contributed by atoms with Crippen molar-refractivity contribution in [3.8, 4) is 11.3 Å². The molecule has 0 radical (unpaired) electrons. The summed E-state index contributed by atoms with van der Waals surface area (Å²) in [6.07, 6.45) is 10.4. The van der Waals surface area contributed by atoms with Crippen LogP contribution in [0.4, 0.5) is 5.82 Å². The maximum Gasteiger partial charge on any atom is 0.181 e. The van der Waals surface area contributed by atoms with Gasteiger partial charge < -0.3 is 10.6 Å². The van der Waals surface area contributed by atoms with Gasteiger partial charge in [-0.05, 0) is 58.3 Å². The van der Waals surface area contributed by atoms with Crippen molar-refractivity contribution in [2.75, 3.05) is 25.5 Å². The first-order valence-electron chi connectivity index (χ1n) is 10.5. The first-order chi connectivity index (χ1) is 14.5. The highest BCUT2D eigenvalue weighted by atomic mass is 32.2. The highest BCUT2D eigenvalue weighted by Gasteiger charge is 2.26. The van der Waals surface area contributed by atoms with Gasteiger partial charge in [0.15, 0.2) is 11.5 Å². The number of piperidine rings is 1. The lowest BCUT2D eigenvalue weighted by molar-refractivity contribution is 0.452. The molecule has 1 saturated heterocycles. The maximum atomic E-state index is 5.12. The molecule has 0 saturated carbocycles. The first-order valence-corrected chi connectivity index (χ1v) is 11.3. The Morgan fingerprint density at radius 2 is 2.13 bits per heavy atom. The van der Waals surface area contributed by atoms with Crippen molar-refractivity contribution in [2.24, 2.45) is 7.05 Å². The molecule has 2 unspecified atom stereocenters. The van der Waals surface area contributed by atoms with Crippen molar-refractivity contribution in [3.63, 3.8) is 0 Å². The van der Waals surface area contributed by atoms with Gasteiger partial charge in [-0.1, -0.05) is 0 Å². The zero-order valence-corrected chi connectivity index (χ0v) is 18.7. The number of likely N-dealkylation sites (N-methyl/N-ethyl adjacent to an activating group) is 1. The molecule has 2 atom stereocenters. The van der Waals surface area contributed by atoms with E-state index >= 15 is 0 Å². The fourth-order valence-electron chi connectivity index (χ4n) is 4.31. The van der Waals surface area contributed by atoms with E-state index in [-0.39, 0.29) is 0 Å². The number of fused-ring (bicyclic) bond motifs is 1. The van der Waals surface area contributed by atoms with E-state index in [2.05, 4.69) is 51.4 Å². The number of aryl methyl sites for hydroxylation is 2. The predicted molar refractivity (Wildman–Crippen MR) is 121 cm³/mol. The second kappa shape index (κ2) is 7.72. The number of imidazole rings is 1. The second-order valence-corrected chi connectivity index (χ2v) is 9.41. The minimum atomic E-state index is 0.381. The lowest BCUT2D eigenvalue weighted by Gasteiger charge is -2.25. The molecule has 3 aromatic rings. The Morgan fingerprint density at radius 3 is 2.80 bits per heavy atom. The van der Waals surface area contributed by atoms with Crippen molar-refractivity contribution < 1.29 is 0 Å². The topological polar surface area (TPSA) is 75.3 Å². The lowest BCUT2D eigenvalue weighted by Crippen LogP contribution is -2.30. The van der Waals surface area contributed by atoms with Crippen LogP contribution in [0.3, 0.4) is 0 Å². The molecule has 2 N–H and O–H groups in total. The summed E-state index contributed by atoms with van der Waals surface area (Å²) in [7, 11) is 4.04. The average molecular weight is 425 g/mol. The minimum Gasteiger partial charge on any atom is -0.331 e. The van der Waals surface area contributed by atoms with Gasteiger partial charge in [0.05, 0.1) is 28.8 Å². The van der Waals surface area contributed by atoms with E-state index < -0.39 is 0 Å². The third-order valence-corrected chi connectivity index (χ3v) is 7.10.